The molecule has 1 aromatic heterocycles. The second-order valence-electron chi connectivity index (χ2n) is 6.30. The number of amides is 1. The summed E-state index contributed by atoms with van der Waals surface area (Å²) in [6.45, 7) is 1.93. The lowest BCUT2D eigenvalue weighted by atomic mass is 10.1. The molecule has 1 heterocycles. The number of nitrogens with one attached hydrogen (secondary N) is 2. The first-order valence-corrected chi connectivity index (χ1v) is 8.58. The minimum Gasteiger partial charge on any atom is -0.321 e. The van der Waals surface area contributed by atoms with Crippen LogP contribution in [-0.2, 0) is 0 Å². The topological polar surface area (TPSA) is 74.8 Å². The van der Waals surface area contributed by atoms with E-state index < -0.39 is 0 Å². The number of carbonyl (C=O) groups excluding carboxylic acids is 1. The molecule has 0 atom stereocenters. The van der Waals surface area contributed by atoms with Gasteiger partial charge in [-0.05, 0) is 37.3 Å². The number of hydrogen-bond donors (Lipinski definition) is 2. The lowest BCUT2D eigenvalue weighted by molar-refractivity contribution is 0.102. The molecule has 0 spiro atoms. The second kappa shape index (κ2) is 6.88. The summed E-state index contributed by atoms with van der Waals surface area (Å²) in [6, 6.07) is 21.9. The third-order valence-corrected chi connectivity index (χ3v) is 4.31. The van der Waals surface area contributed by atoms with Crippen molar-refractivity contribution in [2.24, 2.45) is 0 Å². The Morgan fingerprint density at radius 2 is 1.74 bits per heavy atom. The van der Waals surface area contributed by atoms with Gasteiger partial charge < -0.3 is 10.3 Å². The van der Waals surface area contributed by atoms with Gasteiger partial charge in [0.15, 0.2) is 0 Å². The van der Waals surface area contributed by atoms with Gasteiger partial charge in [-0.1, -0.05) is 48.0 Å². The quantitative estimate of drug-likeness (QED) is 0.580. The number of anilines is 1. The Bertz CT molecular complexity index is 1210. The molecule has 3 aromatic carbocycles. The van der Waals surface area contributed by atoms with E-state index in [1.807, 2.05) is 55.5 Å². The van der Waals surface area contributed by atoms with Crippen LogP contribution in [0.3, 0.4) is 0 Å². The normalized spacial score (nSPS) is 10.7. The van der Waals surface area contributed by atoms with E-state index in [9.17, 15) is 9.59 Å². The van der Waals surface area contributed by atoms with Crippen molar-refractivity contribution in [1.29, 1.82) is 0 Å². The second-order valence-corrected chi connectivity index (χ2v) is 6.30. The molecule has 4 aromatic rings. The molecular formula is C22H17N3O2. The number of hydrogen-bond acceptors (Lipinski definition) is 3. The number of aromatic nitrogens is 2. The van der Waals surface area contributed by atoms with Crippen molar-refractivity contribution < 1.29 is 4.79 Å². The predicted molar refractivity (Wildman–Crippen MR) is 107 cm³/mol. The number of carbonyl (C=O) groups is 1. The number of aromatic amines is 1. The lowest BCUT2D eigenvalue weighted by Crippen LogP contribution is -2.16. The van der Waals surface area contributed by atoms with E-state index in [-0.39, 0.29) is 17.2 Å². The zero-order valence-electron chi connectivity index (χ0n) is 14.7. The molecule has 27 heavy (non-hydrogen) atoms. The first kappa shape index (κ1) is 16.7. The summed E-state index contributed by atoms with van der Waals surface area (Å²) in [5, 5.41) is 2.90. The molecule has 0 aliphatic heterocycles. The van der Waals surface area contributed by atoms with Crippen LogP contribution in [0.2, 0.25) is 0 Å². The van der Waals surface area contributed by atoms with Gasteiger partial charge in [0.1, 0.15) is 5.69 Å². The zero-order chi connectivity index (χ0) is 18.8. The number of aryl methyl sites for hydroxylation is 1. The Balaban J connectivity index is 1.77. The maximum atomic E-state index is 12.6. The number of nitrogens with zero attached hydrogens (tertiary/aromatic N) is 1. The van der Waals surface area contributed by atoms with Crippen LogP contribution >= 0.6 is 0 Å². The highest BCUT2D eigenvalue weighted by molar-refractivity contribution is 6.06. The van der Waals surface area contributed by atoms with Gasteiger partial charge >= 0.3 is 0 Å². The molecule has 1 amide bonds. The summed E-state index contributed by atoms with van der Waals surface area (Å²) in [5.74, 6) is -0.233. The lowest BCUT2D eigenvalue weighted by Gasteiger charge is -2.11. The minimum atomic E-state index is -0.300. The highest BCUT2D eigenvalue weighted by atomic mass is 16.1. The fourth-order valence-electron chi connectivity index (χ4n) is 2.99. The zero-order valence-corrected chi connectivity index (χ0v) is 14.7. The van der Waals surface area contributed by atoms with Gasteiger partial charge in [0.05, 0.1) is 16.7 Å². The summed E-state index contributed by atoms with van der Waals surface area (Å²) in [7, 11) is 0. The van der Waals surface area contributed by atoms with E-state index in [2.05, 4.69) is 15.3 Å². The van der Waals surface area contributed by atoms with Gasteiger partial charge in [0, 0.05) is 11.1 Å². The van der Waals surface area contributed by atoms with Gasteiger partial charge in [0.25, 0.3) is 11.5 Å². The first-order chi connectivity index (χ1) is 13.1. The molecule has 0 unspecified atom stereocenters. The standard InChI is InChI=1S/C22H17N3O2/c1-14-7-6-8-15(13-14)21(26)24-17-10-3-2-9-16(17)20-22(27)25-19-12-5-4-11-18(19)23-20/h2-13H,1H3,(H,24,26)(H,25,27). The third kappa shape index (κ3) is 3.35. The van der Waals surface area contributed by atoms with E-state index in [0.717, 1.165) is 5.56 Å². The molecule has 0 radical (unpaired) electrons. The highest BCUT2D eigenvalue weighted by Crippen LogP contribution is 2.25. The number of rotatable bonds is 3. The third-order valence-electron chi connectivity index (χ3n) is 4.31. The smallest absolute Gasteiger partial charge is 0.275 e. The Morgan fingerprint density at radius 1 is 0.963 bits per heavy atom. The summed E-state index contributed by atoms with van der Waals surface area (Å²) >= 11 is 0. The molecule has 2 N–H and O–H groups in total. The van der Waals surface area contributed by atoms with Crippen molar-refractivity contribution in [3.8, 4) is 11.3 Å². The number of H-pyrrole nitrogens is 1. The molecule has 0 aliphatic carbocycles. The van der Waals surface area contributed by atoms with Crippen molar-refractivity contribution in [3.63, 3.8) is 0 Å². The number of para-hydroxylation sites is 3. The maximum Gasteiger partial charge on any atom is 0.275 e. The van der Waals surface area contributed by atoms with Crippen LogP contribution in [0.25, 0.3) is 22.3 Å². The van der Waals surface area contributed by atoms with Crippen LogP contribution in [0.1, 0.15) is 15.9 Å². The Labute approximate surface area is 155 Å². The molecule has 0 aliphatic rings. The monoisotopic (exact) mass is 355 g/mol. The molecule has 5 nitrogen and oxygen atoms in total. The van der Waals surface area contributed by atoms with Gasteiger partial charge in [-0.2, -0.15) is 0 Å². The van der Waals surface area contributed by atoms with Crippen molar-refractivity contribution >= 4 is 22.6 Å². The van der Waals surface area contributed by atoms with Gasteiger partial charge in [-0.3, -0.25) is 9.59 Å². The van der Waals surface area contributed by atoms with Gasteiger partial charge in [-0.15, -0.1) is 0 Å². The molecule has 0 saturated carbocycles. The fourth-order valence-corrected chi connectivity index (χ4v) is 2.99. The molecule has 0 fully saturated rings. The Morgan fingerprint density at radius 3 is 2.59 bits per heavy atom. The van der Waals surface area contributed by atoms with E-state index in [4.69, 9.17) is 0 Å². The van der Waals surface area contributed by atoms with Crippen molar-refractivity contribution in [3.05, 3.63) is 94.3 Å². The van der Waals surface area contributed by atoms with Crippen molar-refractivity contribution in [1.82, 2.24) is 9.97 Å². The SMILES string of the molecule is Cc1cccc(C(=O)Nc2ccccc2-c2nc3ccccc3[nH]c2=O)c1. The van der Waals surface area contributed by atoms with Crippen LogP contribution in [0, 0.1) is 6.92 Å². The summed E-state index contributed by atoms with van der Waals surface area (Å²) < 4.78 is 0. The molecule has 4 rings (SSSR count). The van der Waals surface area contributed by atoms with Crippen LogP contribution < -0.4 is 10.9 Å². The molecule has 132 valence electrons. The molecular weight excluding hydrogens is 338 g/mol. The predicted octanol–water partition coefficient (Wildman–Crippen LogP) is 4.15. The minimum absolute atomic E-state index is 0.233. The summed E-state index contributed by atoms with van der Waals surface area (Å²) in [6.07, 6.45) is 0. The molecule has 0 bridgehead atoms. The number of benzene rings is 3. The average Bonchev–Trinajstić information content (AvgIpc) is 2.68. The van der Waals surface area contributed by atoms with Gasteiger partial charge in [0.2, 0.25) is 0 Å². The summed E-state index contributed by atoms with van der Waals surface area (Å²) in [4.78, 5) is 32.5. The highest BCUT2D eigenvalue weighted by Gasteiger charge is 2.14. The van der Waals surface area contributed by atoms with Crippen LogP contribution in [0.15, 0.2) is 77.6 Å². The average molecular weight is 355 g/mol. The Hall–Kier alpha value is -3.73. The Kier molecular flexibility index (Phi) is 4.26. The largest absolute Gasteiger partial charge is 0.321 e. The maximum absolute atomic E-state index is 12.6. The van der Waals surface area contributed by atoms with E-state index in [1.54, 1.807) is 24.3 Å². The molecule has 5 heteroatoms. The van der Waals surface area contributed by atoms with E-state index in [1.165, 1.54) is 0 Å². The van der Waals surface area contributed by atoms with Crippen LogP contribution in [0.5, 0.6) is 0 Å². The number of fused-ring (bicyclic) bond motifs is 1. The summed E-state index contributed by atoms with van der Waals surface area (Å²) in [5.41, 5.74) is 4.01. The van der Waals surface area contributed by atoms with Crippen molar-refractivity contribution in [2.45, 2.75) is 6.92 Å². The molecule has 0 saturated heterocycles. The fraction of sp³-hybridized carbons (Fsp3) is 0.0455. The van der Waals surface area contributed by atoms with Crippen molar-refractivity contribution in [2.75, 3.05) is 5.32 Å². The van der Waals surface area contributed by atoms with E-state index in [0.29, 0.717) is 27.8 Å². The first-order valence-electron chi connectivity index (χ1n) is 8.58. The van der Waals surface area contributed by atoms with Gasteiger partial charge in [-0.25, -0.2) is 4.98 Å². The van der Waals surface area contributed by atoms with E-state index >= 15 is 0 Å². The van der Waals surface area contributed by atoms with Crippen LogP contribution in [0.4, 0.5) is 5.69 Å². The van der Waals surface area contributed by atoms with Crippen LogP contribution in [-0.4, -0.2) is 15.9 Å².